The first-order valence-corrected chi connectivity index (χ1v) is 14.1. The number of carbonyl (C=O) groups excluding carboxylic acids is 2. The molecule has 6 nitrogen and oxygen atoms in total. The number of aliphatic hydroxyl groups excluding tert-OH is 1. The lowest BCUT2D eigenvalue weighted by molar-refractivity contribution is -0.132. The van der Waals surface area contributed by atoms with Crippen LogP contribution in [-0.2, 0) is 16.2 Å². The molecule has 0 bridgehead atoms. The molecule has 1 fully saturated rings. The summed E-state index contributed by atoms with van der Waals surface area (Å²) in [6.45, 7) is 10.1. The standard InChI is InChI=1S/C36H35NO5/c1-22(2)42-30-13-9-12-27(20-30)33-32(35(39)36(40)37(33)29-16-14-23(3)24(4)19-29)34(38)28-15-17-31(25(5)18-28)41-21-26-10-7-6-8-11-26/h6-20,22,33,38H,21H2,1-5H3/b34-32+. The first-order valence-electron chi connectivity index (χ1n) is 14.1. The van der Waals surface area contributed by atoms with E-state index in [4.69, 9.17) is 9.47 Å². The van der Waals surface area contributed by atoms with Crippen molar-refractivity contribution in [1.82, 2.24) is 0 Å². The summed E-state index contributed by atoms with van der Waals surface area (Å²) < 4.78 is 11.9. The number of hydrogen-bond acceptors (Lipinski definition) is 5. The van der Waals surface area contributed by atoms with Crippen molar-refractivity contribution in [2.45, 2.75) is 53.4 Å². The molecule has 1 saturated heterocycles. The molecule has 42 heavy (non-hydrogen) atoms. The number of amides is 1. The molecule has 0 aliphatic carbocycles. The van der Waals surface area contributed by atoms with E-state index in [0.29, 0.717) is 34.9 Å². The van der Waals surface area contributed by atoms with Gasteiger partial charge in [-0.15, -0.1) is 0 Å². The number of Topliss-reactive ketones (excluding diaryl/α,β-unsaturated/α-hetero) is 1. The molecule has 1 aliphatic heterocycles. The fourth-order valence-electron chi connectivity index (χ4n) is 5.17. The Morgan fingerprint density at radius 1 is 0.833 bits per heavy atom. The van der Waals surface area contributed by atoms with E-state index in [2.05, 4.69) is 0 Å². The van der Waals surface area contributed by atoms with Gasteiger partial charge in [0.25, 0.3) is 11.7 Å². The maximum absolute atomic E-state index is 13.6. The Kier molecular flexibility index (Phi) is 8.16. The van der Waals surface area contributed by atoms with Gasteiger partial charge in [0.2, 0.25) is 0 Å². The van der Waals surface area contributed by atoms with Crippen LogP contribution >= 0.6 is 0 Å². The zero-order chi connectivity index (χ0) is 30.0. The highest BCUT2D eigenvalue weighted by Crippen LogP contribution is 2.43. The highest BCUT2D eigenvalue weighted by Gasteiger charge is 2.47. The molecule has 0 spiro atoms. The molecule has 6 heteroatoms. The van der Waals surface area contributed by atoms with Crippen molar-refractivity contribution in [3.63, 3.8) is 0 Å². The fourth-order valence-corrected chi connectivity index (χ4v) is 5.17. The number of aliphatic hydroxyl groups is 1. The van der Waals surface area contributed by atoms with Crippen molar-refractivity contribution in [2.75, 3.05) is 4.90 Å². The summed E-state index contributed by atoms with van der Waals surface area (Å²) >= 11 is 0. The van der Waals surface area contributed by atoms with Crippen LogP contribution in [0.25, 0.3) is 5.76 Å². The van der Waals surface area contributed by atoms with Crippen molar-refractivity contribution in [3.05, 3.63) is 130 Å². The molecule has 1 aliphatic rings. The average molecular weight is 562 g/mol. The highest BCUT2D eigenvalue weighted by molar-refractivity contribution is 6.51. The molecule has 0 saturated carbocycles. The van der Waals surface area contributed by atoms with Crippen LogP contribution in [0, 0.1) is 20.8 Å². The first-order chi connectivity index (χ1) is 20.1. The molecule has 1 atom stereocenters. The normalized spacial score (nSPS) is 16.2. The number of carbonyl (C=O) groups is 2. The molecular formula is C36H35NO5. The summed E-state index contributed by atoms with van der Waals surface area (Å²) in [5, 5.41) is 11.6. The molecule has 1 heterocycles. The summed E-state index contributed by atoms with van der Waals surface area (Å²) in [7, 11) is 0. The Labute approximate surface area is 246 Å². The topological polar surface area (TPSA) is 76.1 Å². The van der Waals surface area contributed by atoms with Gasteiger partial charge in [0.15, 0.2) is 0 Å². The lowest BCUT2D eigenvalue weighted by atomic mass is 9.94. The second kappa shape index (κ2) is 12.0. The van der Waals surface area contributed by atoms with E-state index in [1.807, 2.05) is 107 Å². The minimum Gasteiger partial charge on any atom is -0.507 e. The van der Waals surface area contributed by atoms with E-state index >= 15 is 0 Å². The molecule has 0 radical (unpaired) electrons. The second-order valence-electron chi connectivity index (χ2n) is 10.9. The average Bonchev–Trinajstić information content (AvgIpc) is 3.23. The van der Waals surface area contributed by atoms with Gasteiger partial charge in [0.1, 0.15) is 23.9 Å². The van der Waals surface area contributed by atoms with Gasteiger partial charge in [-0.05, 0) is 105 Å². The number of anilines is 1. The third-order valence-corrected chi connectivity index (χ3v) is 7.44. The minimum absolute atomic E-state index is 0.0253. The number of aryl methyl sites for hydroxylation is 3. The molecule has 4 aromatic carbocycles. The quantitative estimate of drug-likeness (QED) is 0.136. The van der Waals surface area contributed by atoms with Crippen LogP contribution in [0.2, 0.25) is 0 Å². The van der Waals surface area contributed by atoms with E-state index in [-0.39, 0.29) is 17.4 Å². The Hall–Kier alpha value is -4.84. The van der Waals surface area contributed by atoms with Gasteiger partial charge < -0.3 is 14.6 Å². The van der Waals surface area contributed by atoms with Gasteiger partial charge in [0.05, 0.1) is 17.7 Å². The Morgan fingerprint density at radius 2 is 1.60 bits per heavy atom. The van der Waals surface area contributed by atoms with Gasteiger partial charge in [-0.2, -0.15) is 0 Å². The number of rotatable bonds is 8. The van der Waals surface area contributed by atoms with Crippen molar-refractivity contribution in [1.29, 1.82) is 0 Å². The van der Waals surface area contributed by atoms with E-state index in [0.717, 1.165) is 22.3 Å². The fraction of sp³-hybridized carbons (Fsp3) is 0.222. The van der Waals surface area contributed by atoms with Crippen LogP contribution < -0.4 is 14.4 Å². The van der Waals surface area contributed by atoms with E-state index in [1.165, 1.54) is 4.90 Å². The molecule has 1 N–H and O–H groups in total. The predicted octanol–water partition coefficient (Wildman–Crippen LogP) is 7.60. The summed E-state index contributed by atoms with van der Waals surface area (Å²) in [5.74, 6) is -0.393. The molecular weight excluding hydrogens is 526 g/mol. The van der Waals surface area contributed by atoms with E-state index in [1.54, 1.807) is 18.2 Å². The van der Waals surface area contributed by atoms with E-state index in [9.17, 15) is 14.7 Å². The van der Waals surface area contributed by atoms with Crippen molar-refractivity contribution < 1.29 is 24.2 Å². The molecule has 0 aromatic heterocycles. The van der Waals surface area contributed by atoms with Crippen LogP contribution in [0.1, 0.15) is 53.3 Å². The molecule has 1 unspecified atom stereocenters. The Morgan fingerprint density at radius 3 is 2.29 bits per heavy atom. The van der Waals surface area contributed by atoms with Gasteiger partial charge in [-0.3, -0.25) is 14.5 Å². The number of ketones is 1. The maximum atomic E-state index is 13.6. The summed E-state index contributed by atoms with van der Waals surface area (Å²) in [6, 6.07) is 27.3. The highest BCUT2D eigenvalue weighted by atomic mass is 16.5. The largest absolute Gasteiger partial charge is 0.507 e. The lowest BCUT2D eigenvalue weighted by Gasteiger charge is -2.26. The minimum atomic E-state index is -0.850. The van der Waals surface area contributed by atoms with Crippen LogP contribution in [0.5, 0.6) is 11.5 Å². The van der Waals surface area contributed by atoms with Gasteiger partial charge in [-0.1, -0.05) is 48.5 Å². The summed E-state index contributed by atoms with van der Waals surface area (Å²) in [4.78, 5) is 28.7. The van der Waals surface area contributed by atoms with Crippen LogP contribution in [0.4, 0.5) is 5.69 Å². The van der Waals surface area contributed by atoms with Crippen LogP contribution in [0.15, 0.2) is 96.6 Å². The zero-order valence-corrected chi connectivity index (χ0v) is 24.5. The predicted molar refractivity (Wildman–Crippen MR) is 165 cm³/mol. The van der Waals surface area contributed by atoms with Crippen LogP contribution in [0.3, 0.4) is 0 Å². The van der Waals surface area contributed by atoms with Crippen molar-refractivity contribution in [3.8, 4) is 11.5 Å². The summed E-state index contributed by atoms with van der Waals surface area (Å²) in [5.41, 5.74) is 5.60. The van der Waals surface area contributed by atoms with Crippen LogP contribution in [-0.4, -0.2) is 22.9 Å². The SMILES string of the molecule is Cc1ccc(N2C(=O)C(=O)/C(=C(/O)c3ccc(OCc4ccccc4)c(C)c3)C2c2cccc(OC(C)C)c2)cc1C. The number of benzene rings is 4. The van der Waals surface area contributed by atoms with Crippen molar-refractivity contribution in [2.24, 2.45) is 0 Å². The smallest absolute Gasteiger partial charge is 0.300 e. The molecule has 214 valence electrons. The molecule has 4 aromatic rings. The van der Waals surface area contributed by atoms with Gasteiger partial charge in [0, 0.05) is 11.3 Å². The molecule has 1 amide bonds. The first kappa shape index (κ1) is 28.7. The third kappa shape index (κ3) is 5.79. The van der Waals surface area contributed by atoms with Gasteiger partial charge in [-0.25, -0.2) is 0 Å². The van der Waals surface area contributed by atoms with Crippen molar-refractivity contribution >= 4 is 23.1 Å². The monoisotopic (exact) mass is 561 g/mol. The number of nitrogens with zero attached hydrogens (tertiary/aromatic N) is 1. The number of hydrogen-bond donors (Lipinski definition) is 1. The Bertz CT molecular complexity index is 1670. The zero-order valence-electron chi connectivity index (χ0n) is 24.5. The number of ether oxygens (including phenoxy) is 2. The Balaban J connectivity index is 1.59. The summed E-state index contributed by atoms with van der Waals surface area (Å²) in [6.07, 6.45) is -0.0584. The molecule has 5 rings (SSSR count). The lowest BCUT2D eigenvalue weighted by Crippen LogP contribution is -2.29. The van der Waals surface area contributed by atoms with Gasteiger partial charge >= 0.3 is 0 Å². The maximum Gasteiger partial charge on any atom is 0.300 e. The third-order valence-electron chi connectivity index (χ3n) is 7.44. The second-order valence-corrected chi connectivity index (χ2v) is 10.9. The van der Waals surface area contributed by atoms with E-state index < -0.39 is 17.7 Å².